The van der Waals surface area contributed by atoms with E-state index in [2.05, 4.69) is 10.6 Å². The first-order valence-corrected chi connectivity index (χ1v) is 8.36. The van der Waals surface area contributed by atoms with E-state index in [9.17, 15) is 4.79 Å². The topological polar surface area (TPSA) is 53.6 Å². The van der Waals surface area contributed by atoms with Crippen molar-refractivity contribution in [3.05, 3.63) is 59.2 Å². The van der Waals surface area contributed by atoms with Gasteiger partial charge in [-0.15, -0.1) is 0 Å². The third-order valence-corrected chi connectivity index (χ3v) is 4.11. The molecule has 2 N–H and O–H groups in total. The average Bonchev–Trinajstić information content (AvgIpc) is 2.60. The number of carbonyl (C=O) groups excluding carboxylic acids is 1. The first kappa shape index (κ1) is 18.6. The standard InChI is InChI=1S/C20H27N3O2/c1-14-6-11-19(25-5)18(12-14)15(2)22-20(24)21-13-16-7-9-17(10-8-16)23(3)4/h6-12,15H,13H2,1-5H3,(H2,21,22,24). The molecule has 25 heavy (non-hydrogen) atoms. The molecule has 2 aromatic rings. The van der Waals surface area contributed by atoms with Crippen LogP contribution >= 0.6 is 0 Å². The molecule has 0 saturated carbocycles. The number of rotatable bonds is 6. The van der Waals surface area contributed by atoms with E-state index in [0.29, 0.717) is 6.54 Å². The summed E-state index contributed by atoms with van der Waals surface area (Å²) in [5, 5.41) is 5.86. The normalized spacial score (nSPS) is 11.6. The van der Waals surface area contributed by atoms with Gasteiger partial charge in [0.05, 0.1) is 13.2 Å². The van der Waals surface area contributed by atoms with Crippen molar-refractivity contribution in [3.8, 4) is 5.75 Å². The molecule has 0 spiro atoms. The second-order valence-corrected chi connectivity index (χ2v) is 6.35. The summed E-state index contributed by atoms with van der Waals surface area (Å²) < 4.78 is 5.39. The Balaban J connectivity index is 1.92. The highest BCUT2D eigenvalue weighted by Crippen LogP contribution is 2.25. The lowest BCUT2D eigenvalue weighted by molar-refractivity contribution is 0.237. The highest BCUT2D eigenvalue weighted by molar-refractivity contribution is 5.74. The van der Waals surface area contributed by atoms with Crippen LogP contribution in [0.5, 0.6) is 5.75 Å². The summed E-state index contributed by atoms with van der Waals surface area (Å²) in [6.45, 7) is 4.45. The molecule has 0 bridgehead atoms. The molecule has 134 valence electrons. The minimum absolute atomic E-state index is 0.147. The van der Waals surface area contributed by atoms with E-state index in [-0.39, 0.29) is 12.1 Å². The van der Waals surface area contributed by atoms with E-state index in [1.165, 1.54) is 0 Å². The first-order chi connectivity index (χ1) is 11.9. The molecule has 0 aliphatic heterocycles. The van der Waals surface area contributed by atoms with Gasteiger partial charge in [0.1, 0.15) is 5.75 Å². The maximum Gasteiger partial charge on any atom is 0.315 e. The lowest BCUT2D eigenvalue weighted by Gasteiger charge is -2.18. The molecule has 0 aromatic heterocycles. The molecule has 1 atom stereocenters. The molecule has 2 aromatic carbocycles. The molecule has 2 rings (SSSR count). The number of anilines is 1. The van der Waals surface area contributed by atoms with Crippen LogP contribution in [-0.2, 0) is 6.54 Å². The molecule has 0 fully saturated rings. The molecule has 0 radical (unpaired) electrons. The maximum atomic E-state index is 12.2. The van der Waals surface area contributed by atoms with Crippen LogP contribution in [0.15, 0.2) is 42.5 Å². The number of benzene rings is 2. The minimum Gasteiger partial charge on any atom is -0.496 e. The fourth-order valence-electron chi connectivity index (χ4n) is 2.61. The zero-order valence-electron chi connectivity index (χ0n) is 15.6. The molecular formula is C20H27N3O2. The van der Waals surface area contributed by atoms with Gasteiger partial charge in [-0.1, -0.05) is 29.8 Å². The number of ether oxygens (including phenoxy) is 1. The highest BCUT2D eigenvalue weighted by atomic mass is 16.5. The molecule has 2 amide bonds. The number of nitrogens with zero attached hydrogens (tertiary/aromatic N) is 1. The highest BCUT2D eigenvalue weighted by Gasteiger charge is 2.14. The van der Waals surface area contributed by atoms with E-state index in [0.717, 1.165) is 28.1 Å². The SMILES string of the molecule is COc1ccc(C)cc1C(C)NC(=O)NCc1ccc(N(C)C)cc1. The third kappa shape index (κ3) is 5.14. The molecule has 0 heterocycles. The van der Waals surface area contributed by atoms with Crippen molar-refractivity contribution in [2.75, 3.05) is 26.1 Å². The van der Waals surface area contributed by atoms with Crippen molar-refractivity contribution in [2.45, 2.75) is 26.4 Å². The van der Waals surface area contributed by atoms with Gasteiger partial charge in [0.15, 0.2) is 0 Å². The largest absolute Gasteiger partial charge is 0.496 e. The zero-order valence-corrected chi connectivity index (χ0v) is 15.6. The Bertz CT molecular complexity index is 711. The first-order valence-electron chi connectivity index (χ1n) is 8.36. The summed E-state index contributed by atoms with van der Waals surface area (Å²) in [6.07, 6.45) is 0. The fourth-order valence-corrected chi connectivity index (χ4v) is 2.61. The molecular weight excluding hydrogens is 314 g/mol. The Morgan fingerprint density at radius 1 is 1.16 bits per heavy atom. The van der Waals surface area contributed by atoms with Crippen LogP contribution < -0.4 is 20.3 Å². The van der Waals surface area contributed by atoms with Crippen molar-refractivity contribution in [1.82, 2.24) is 10.6 Å². The Hall–Kier alpha value is -2.69. The predicted molar refractivity (Wildman–Crippen MR) is 102 cm³/mol. The number of carbonyl (C=O) groups is 1. The molecule has 0 aliphatic rings. The van der Waals surface area contributed by atoms with Crippen LogP contribution in [0.25, 0.3) is 0 Å². The van der Waals surface area contributed by atoms with Crippen LogP contribution in [-0.4, -0.2) is 27.2 Å². The van der Waals surface area contributed by atoms with Crippen LogP contribution in [0.1, 0.15) is 29.7 Å². The van der Waals surface area contributed by atoms with Crippen molar-refractivity contribution in [1.29, 1.82) is 0 Å². The molecule has 1 unspecified atom stereocenters. The average molecular weight is 341 g/mol. The van der Waals surface area contributed by atoms with Gasteiger partial charge in [-0.05, 0) is 37.6 Å². The summed E-state index contributed by atoms with van der Waals surface area (Å²) in [5.74, 6) is 0.776. The summed E-state index contributed by atoms with van der Waals surface area (Å²) in [5.41, 5.74) is 4.29. The van der Waals surface area contributed by atoms with Gasteiger partial charge in [0.25, 0.3) is 0 Å². The van der Waals surface area contributed by atoms with E-state index in [1.54, 1.807) is 7.11 Å². The van der Waals surface area contributed by atoms with Gasteiger partial charge in [0.2, 0.25) is 0 Å². The quantitative estimate of drug-likeness (QED) is 0.843. The molecule has 0 aliphatic carbocycles. The molecule has 0 saturated heterocycles. The Morgan fingerprint density at radius 3 is 2.44 bits per heavy atom. The fraction of sp³-hybridized carbons (Fsp3) is 0.350. The Morgan fingerprint density at radius 2 is 1.84 bits per heavy atom. The number of hydrogen-bond donors (Lipinski definition) is 2. The summed E-state index contributed by atoms with van der Waals surface area (Å²) in [4.78, 5) is 14.2. The molecule has 5 heteroatoms. The van der Waals surface area contributed by atoms with Gasteiger partial charge in [-0.3, -0.25) is 0 Å². The second-order valence-electron chi connectivity index (χ2n) is 6.35. The summed E-state index contributed by atoms with van der Waals surface area (Å²) >= 11 is 0. The monoisotopic (exact) mass is 341 g/mol. The van der Waals surface area contributed by atoms with Crippen molar-refractivity contribution in [2.24, 2.45) is 0 Å². The van der Waals surface area contributed by atoms with Gasteiger partial charge >= 0.3 is 6.03 Å². The van der Waals surface area contributed by atoms with E-state index in [1.807, 2.05) is 75.3 Å². The van der Waals surface area contributed by atoms with Gasteiger partial charge in [-0.2, -0.15) is 0 Å². The summed E-state index contributed by atoms with van der Waals surface area (Å²) in [7, 11) is 5.64. The second kappa shape index (κ2) is 8.42. The van der Waals surface area contributed by atoms with E-state index < -0.39 is 0 Å². The van der Waals surface area contributed by atoms with Crippen LogP contribution in [0, 0.1) is 6.92 Å². The zero-order chi connectivity index (χ0) is 18.4. The van der Waals surface area contributed by atoms with Gasteiger partial charge in [-0.25, -0.2) is 4.79 Å². The van der Waals surface area contributed by atoms with Crippen molar-refractivity contribution in [3.63, 3.8) is 0 Å². The number of aryl methyl sites for hydroxylation is 1. The Labute approximate surface area is 150 Å². The molecule has 5 nitrogen and oxygen atoms in total. The van der Waals surface area contributed by atoms with Crippen LogP contribution in [0.2, 0.25) is 0 Å². The lowest BCUT2D eigenvalue weighted by Crippen LogP contribution is -2.36. The smallest absolute Gasteiger partial charge is 0.315 e. The number of hydrogen-bond acceptors (Lipinski definition) is 3. The predicted octanol–water partition coefficient (Wildman–Crippen LogP) is 3.63. The Kier molecular flexibility index (Phi) is 6.28. The van der Waals surface area contributed by atoms with Gasteiger partial charge in [0, 0.05) is 31.9 Å². The third-order valence-electron chi connectivity index (χ3n) is 4.11. The van der Waals surface area contributed by atoms with E-state index in [4.69, 9.17) is 4.74 Å². The number of amides is 2. The number of nitrogens with one attached hydrogen (secondary N) is 2. The van der Waals surface area contributed by atoms with Crippen LogP contribution in [0.4, 0.5) is 10.5 Å². The van der Waals surface area contributed by atoms with Crippen molar-refractivity contribution < 1.29 is 9.53 Å². The maximum absolute atomic E-state index is 12.2. The van der Waals surface area contributed by atoms with Crippen LogP contribution in [0.3, 0.4) is 0 Å². The van der Waals surface area contributed by atoms with Gasteiger partial charge < -0.3 is 20.3 Å². The van der Waals surface area contributed by atoms with E-state index >= 15 is 0 Å². The minimum atomic E-state index is -0.201. The lowest BCUT2D eigenvalue weighted by atomic mass is 10.0. The number of methoxy groups -OCH3 is 1. The summed E-state index contributed by atoms with van der Waals surface area (Å²) in [6, 6.07) is 13.7. The number of urea groups is 1. The van der Waals surface area contributed by atoms with Crippen molar-refractivity contribution >= 4 is 11.7 Å².